The van der Waals surface area contributed by atoms with Gasteiger partial charge in [-0.3, -0.25) is 4.79 Å². The zero-order valence-corrected chi connectivity index (χ0v) is 19.5. The Morgan fingerprint density at radius 1 is 0.833 bits per heavy atom. The zero-order chi connectivity index (χ0) is 21.6. The number of unbranched alkanes of at least 4 members (excludes halogenated alkanes) is 6. The molecule has 5 heteroatoms. The maximum Gasteiger partial charge on any atom is 0.336 e. The molecule has 2 aromatic rings. The van der Waals surface area contributed by atoms with E-state index >= 15 is 0 Å². The molecule has 0 aliphatic heterocycles. The van der Waals surface area contributed by atoms with Gasteiger partial charge in [-0.05, 0) is 24.1 Å². The Labute approximate surface area is 182 Å². The molecule has 2 N–H and O–H groups in total. The molecule has 0 spiro atoms. The Balaban J connectivity index is 1.47. The molecule has 0 aliphatic carbocycles. The molecule has 0 aliphatic rings. The van der Waals surface area contributed by atoms with Gasteiger partial charge in [0, 0.05) is 6.54 Å². The van der Waals surface area contributed by atoms with E-state index in [1.807, 2.05) is 0 Å². The number of carbonyl (C=O) groups is 2. The third-order valence-electron chi connectivity index (χ3n) is 5.49. The maximum atomic E-state index is 12.2. The van der Waals surface area contributed by atoms with Gasteiger partial charge in [0.25, 0.3) is 5.91 Å². The van der Waals surface area contributed by atoms with Crippen LogP contribution in [-0.2, 0) is 0 Å². The van der Waals surface area contributed by atoms with Gasteiger partial charge in [-0.2, -0.15) is 0 Å². The van der Waals surface area contributed by atoms with Crippen LogP contribution in [0.15, 0.2) is 54.6 Å². The summed E-state index contributed by atoms with van der Waals surface area (Å²) >= 11 is 0. The molecule has 0 aromatic heterocycles. The monoisotopic (exact) mass is 425 g/mol. The molecule has 162 valence electrons. The van der Waals surface area contributed by atoms with Gasteiger partial charge in [-0.1, -0.05) is 99.5 Å². The molecule has 0 saturated heterocycles. The second-order valence-corrected chi connectivity index (χ2v) is 10.8. The van der Waals surface area contributed by atoms with Crippen LogP contribution in [0, 0.1) is 0 Å². The molecule has 0 unspecified atom stereocenters. The van der Waals surface area contributed by atoms with E-state index in [0.717, 1.165) is 18.4 Å². The number of carboxylic acid groups (broad SMARTS) is 1. The van der Waals surface area contributed by atoms with Gasteiger partial charge < -0.3 is 10.4 Å². The smallest absolute Gasteiger partial charge is 0.336 e. The second-order valence-electron chi connectivity index (χ2n) is 8.17. The van der Waals surface area contributed by atoms with Crippen LogP contribution in [0.5, 0.6) is 0 Å². The van der Waals surface area contributed by atoms with Gasteiger partial charge in [0.1, 0.15) is 0 Å². The van der Waals surface area contributed by atoms with Crippen LogP contribution >= 0.6 is 0 Å². The van der Waals surface area contributed by atoms with Crippen molar-refractivity contribution in [3.05, 3.63) is 65.7 Å². The van der Waals surface area contributed by atoms with Crippen molar-refractivity contribution in [1.29, 1.82) is 0 Å². The SMILES string of the molecule is C[C@@H](CCCCCCCCCNC(=O)c1ccccc1C(=O)O)[SiH2]c1ccccc1. The van der Waals surface area contributed by atoms with Crippen LogP contribution < -0.4 is 10.5 Å². The average Bonchev–Trinajstić information content (AvgIpc) is 2.75. The molecule has 1 atom stereocenters. The van der Waals surface area contributed by atoms with Crippen molar-refractivity contribution in [2.45, 2.75) is 63.8 Å². The summed E-state index contributed by atoms with van der Waals surface area (Å²) < 4.78 is 0. The van der Waals surface area contributed by atoms with Crippen LogP contribution in [0.25, 0.3) is 0 Å². The van der Waals surface area contributed by atoms with E-state index in [1.165, 1.54) is 44.6 Å². The molecule has 30 heavy (non-hydrogen) atoms. The minimum Gasteiger partial charge on any atom is -0.478 e. The minimum absolute atomic E-state index is 0.0516. The first kappa shape index (κ1) is 23.9. The number of rotatable bonds is 14. The fraction of sp³-hybridized carbons (Fsp3) is 0.440. The summed E-state index contributed by atoms with van der Waals surface area (Å²) in [5.74, 6) is -1.38. The Morgan fingerprint density at radius 2 is 1.40 bits per heavy atom. The van der Waals surface area contributed by atoms with E-state index in [2.05, 4.69) is 42.6 Å². The third-order valence-corrected chi connectivity index (χ3v) is 7.54. The molecule has 4 nitrogen and oxygen atoms in total. The standard InChI is InChI=1S/C25H35NO3Si/c1-20(30-21-15-9-7-10-16-21)14-8-5-3-2-4-6-13-19-26-24(27)22-17-11-12-18-23(22)25(28)29/h7,9-12,15-18,20H,2-6,8,13-14,19,30H2,1H3,(H,26,27)(H,28,29)/t20-/m0/s1. The number of benzene rings is 2. The lowest BCUT2D eigenvalue weighted by molar-refractivity contribution is 0.0691. The molecule has 2 rings (SSSR count). The Morgan fingerprint density at radius 3 is 2.07 bits per heavy atom. The van der Waals surface area contributed by atoms with Gasteiger partial charge in [-0.25, -0.2) is 4.79 Å². The highest BCUT2D eigenvalue weighted by atomic mass is 28.2. The van der Waals surface area contributed by atoms with E-state index in [4.69, 9.17) is 5.11 Å². The Bertz CT molecular complexity index is 779. The van der Waals surface area contributed by atoms with Crippen LogP contribution in [0.4, 0.5) is 0 Å². The Kier molecular flexibility index (Phi) is 10.9. The first-order chi connectivity index (χ1) is 14.6. The lowest BCUT2D eigenvalue weighted by Gasteiger charge is -2.10. The number of hydrogen-bond acceptors (Lipinski definition) is 2. The summed E-state index contributed by atoms with van der Waals surface area (Å²) in [6.07, 6.45) is 9.76. The summed E-state index contributed by atoms with van der Waals surface area (Å²) in [5, 5.41) is 13.6. The molecule has 2 aromatic carbocycles. The number of aromatic carboxylic acids is 1. The van der Waals surface area contributed by atoms with E-state index in [9.17, 15) is 9.59 Å². The fourth-order valence-electron chi connectivity index (χ4n) is 3.78. The lowest BCUT2D eigenvalue weighted by atomic mass is 10.1. The van der Waals surface area contributed by atoms with Crippen LogP contribution in [0.3, 0.4) is 0 Å². The molecule has 0 bridgehead atoms. The first-order valence-electron chi connectivity index (χ1n) is 11.2. The summed E-state index contributed by atoms with van der Waals surface area (Å²) in [6.45, 7) is 3.00. The number of carboxylic acids is 1. The van der Waals surface area contributed by atoms with Gasteiger partial charge >= 0.3 is 5.97 Å². The summed E-state index contributed by atoms with van der Waals surface area (Å²) in [7, 11) is -0.141. The summed E-state index contributed by atoms with van der Waals surface area (Å²) in [4.78, 5) is 23.4. The molecular weight excluding hydrogens is 390 g/mol. The normalized spacial score (nSPS) is 12.2. The van der Waals surface area contributed by atoms with Crippen molar-refractivity contribution >= 4 is 26.6 Å². The molecule has 0 heterocycles. The van der Waals surface area contributed by atoms with E-state index in [1.54, 1.807) is 23.4 Å². The van der Waals surface area contributed by atoms with Gasteiger partial charge in [0.05, 0.1) is 20.6 Å². The van der Waals surface area contributed by atoms with Gasteiger partial charge in [0.2, 0.25) is 0 Å². The van der Waals surface area contributed by atoms with Crippen molar-refractivity contribution in [2.75, 3.05) is 6.54 Å². The number of hydrogen-bond donors (Lipinski definition) is 2. The van der Waals surface area contributed by atoms with Crippen LogP contribution in [-0.4, -0.2) is 33.0 Å². The highest BCUT2D eigenvalue weighted by Crippen LogP contribution is 2.15. The van der Waals surface area contributed by atoms with Crippen LogP contribution in [0.2, 0.25) is 5.54 Å². The fourth-order valence-corrected chi connectivity index (χ4v) is 5.63. The van der Waals surface area contributed by atoms with Crippen molar-refractivity contribution < 1.29 is 14.7 Å². The zero-order valence-electron chi connectivity index (χ0n) is 18.1. The molecule has 0 radical (unpaired) electrons. The third kappa shape index (κ3) is 8.95. The van der Waals surface area contributed by atoms with Crippen molar-refractivity contribution in [1.82, 2.24) is 5.32 Å². The highest BCUT2D eigenvalue weighted by molar-refractivity contribution is 6.54. The highest BCUT2D eigenvalue weighted by Gasteiger charge is 2.14. The maximum absolute atomic E-state index is 12.2. The Hall–Kier alpha value is -2.40. The number of carbonyl (C=O) groups excluding carboxylic acids is 1. The number of nitrogens with one attached hydrogen (secondary N) is 1. The van der Waals surface area contributed by atoms with Gasteiger partial charge in [0.15, 0.2) is 0 Å². The molecular formula is C25H35NO3Si. The summed E-state index contributed by atoms with van der Waals surface area (Å²) in [6, 6.07) is 17.3. The lowest BCUT2D eigenvalue weighted by Crippen LogP contribution is -2.26. The predicted molar refractivity (Wildman–Crippen MR) is 127 cm³/mol. The van der Waals surface area contributed by atoms with Crippen molar-refractivity contribution in [2.24, 2.45) is 0 Å². The average molecular weight is 426 g/mol. The quantitative estimate of drug-likeness (QED) is 0.345. The first-order valence-corrected chi connectivity index (χ1v) is 12.7. The van der Waals surface area contributed by atoms with Gasteiger partial charge in [-0.15, -0.1) is 0 Å². The second kappa shape index (κ2) is 13.8. The predicted octanol–water partition coefficient (Wildman–Crippen LogP) is 4.54. The topological polar surface area (TPSA) is 66.4 Å². The van der Waals surface area contributed by atoms with Crippen molar-refractivity contribution in [3.8, 4) is 0 Å². The largest absolute Gasteiger partial charge is 0.478 e. The molecule has 0 fully saturated rings. The van der Waals surface area contributed by atoms with Crippen LogP contribution in [0.1, 0.15) is 79.0 Å². The van der Waals surface area contributed by atoms with E-state index < -0.39 is 5.97 Å². The molecule has 0 saturated carbocycles. The minimum atomic E-state index is -1.07. The van der Waals surface area contributed by atoms with Crippen molar-refractivity contribution in [3.63, 3.8) is 0 Å². The molecule has 1 amide bonds. The van der Waals surface area contributed by atoms with E-state index in [-0.39, 0.29) is 26.6 Å². The van der Waals surface area contributed by atoms with E-state index in [0.29, 0.717) is 6.54 Å². The number of amides is 1. The summed E-state index contributed by atoms with van der Waals surface area (Å²) in [5.41, 5.74) is 1.16.